The van der Waals surface area contributed by atoms with Gasteiger partial charge >= 0.3 is 11.9 Å². The molecule has 0 aliphatic heterocycles. The molecule has 0 fully saturated rings. The maximum atomic E-state index is 11.7. The van der Waals surface area contributed by atoms with Crippen molar-refractivity contribution in [3.05, 3.63) is 12.7 Å². The monoisotopic (exact) mass is 398 g/mol. The smallest absolute Gasteiger partial charge is 0.330 e. The molecule has 5 heteroatoms. The van der Waals surface area contributed by atoms with Gasteiger partial charge in [-0.05, 0) is 25.7 Å². The van der Waals surface area contributed by atoms with Gasteiger partial charge in [0.1, 0.15) is 6.10 Å². The van der Waals surface area contributed by atoms with Gasteiger partial charge in [-0.25, -0.2) is 4.79 Å². The van der Waals surface area contributed by atoms with E-state index in [0.717, 1.165) is 51.4 Å². The van der Waals surface area contributed by atoms with Gasteiger partial charge in [0.2, 0.25) is 0 Å². The highest BCUT2D eigenvalue weighted by molar-refractivity contribution is 5.81. The van der Waals surface area contributed by atoms with Crippen LogP contribution in [-0.2, 0) is 23.8 Å². The van der Waals surface area contributed by atoms with Crippen LogP contribution in [0.4, 0.5) is 0 Å². The zero-order valence-electron chi connectivity index (χ0n) is 18.4. The first-order valence-corrected chi connectivity index (χ1v) is 11.0. The van der Waals surface area contributed by atoms with Crippen LogP contribution >= 0.6 is 0 Å². The summed E-state index contributed by atoms with van der Waals surface area (Å²) in [5.74, 6) is -0.526. The molecule has 0 saturated heterocycles. The van der Waals surface area contributed by atoms with Crippen molar-refractivity contribution in [1.82, 2.24) is 0 Å². The van der Waals surface area contributed by atoms with Crippen molar-refractivity contribution >= 4 is 11.9 Å². The van der Waals surface area contributed by atoms with E-state index in [1.54, 1.807) is 7.11 Å². The second-order valence-electron chi connectivity index (χ2n) is 7.39. The molecule has 0 amide bonds. The fraction of sp³-hybridized carbons (Fsp3) is 0.826. The maximum absolute atomic E-state index is 11.7. The minimum Gasteiger partial charge on any atom is -0.469 e. The van der Waals surface area contributed by atoms with Crippen LogP contribution in [0.25, 0.3) is 0 Å². The highest BCUT2D eigenvalue weighted by Crippen LogP contribution is 2.20. The van der Waals surface area contributed by atoms with Crippen LogP contribution in [0, 0.1) is 0 Å². The van der Waals surface area contributed by atoms with Crippen LogP contribution in [-0.4, -0.2) is 38.4 Å². The van der Waals surface area contributed by atoms with Crippen LogP contribution < -0.4 is 0 Å². The average Bonchev–Trinajstić information content (AvgIpc) is 2.71. The Morgan fingerprint density at radius 2 is 1.36 bits per heavy atom. The van der Waals surface area contributed by atoms with Gasteiger partial charge in [0, 0.05) is 19.6 Å². The van der Waals surface area contributed by atoms with Crippen molar-refractivity contribution in [2.75, 3.05) is 14.2 Å². The SMILES string of the molecule is C=CC(=O)OC(CCCCCCCC(=O)OC)C(CCCCCCCC)OC. The summed E-state index contributed by atoms with van der Waals surface area (Å²) in [5, 5.41) is 0. The number of hydrogen-bond donors (Lipinski definition) is 0. The van der Waals surface area contributed by atoms with Crippen LogP contribution in [0.3, 0.4) is 0 Å². The summed E-state index contributed by atoms with van der Waals surface area (Å²) < 4.78 is 15.9. The third-order valence-electron chi connectivity index (χ3n) is 5.09. The summed E-state index contributed by atoms with van der Waals surface area (Å²) in [4.78, 5) is 22.8. The zero-order chi connectivity index (χ0) is 21.0. The third kappa shape index (κ3) is 14.7. The van der Waals surface area contributed by atoms with Crippen LogP contribution in [0.5, 0.6) is 0 Å². The molecule has 0 aliphatic carbocycles. The summed E-state index contributed by atoms with van der Waals surface area (Å²) >= 11 is 0. The van der Waals surface area contributed by atoms with Gasteiger partial charge in [0.05, 0.1) is 13.2 Å². The van der Waals surface area contributed by atoms with Crippen molar-refractivity contribution in [3.8, 4) is 0 Å². The molecule has 164 valence electrons. The van der Waals surface area contributed by atoms with Crippen LogP contribution in [0.1, 0.15) is 96.8 Å². The van der Waals surface area contributed by atoms with Gasteiger partial charge in [-0.3, -0.25) is 4.79 Å². The van der Waals surface area contributed by atoms with Gasteiger partial charge in [0.25, 0.3) is 0 Å². The average molecular weight is 399 g/mol. The predicted octanol–water partition coefficient (Wildman–Crippen LogP) is 5.75. The van der Waals surface area contributed by atoms with Crippen molar-refractivity contribution in [1.29, 1.82) is 0 Å². The number of unbranched alkanes of at least 4 members (excludes halogenated alkanes) is 9. The molecule has 0 saturated carbocycles. The molecule has 0 bridgehead atoms. The molecule has 0 heterocycles. The number of ether oxygens (including phenoxy) is 3. The van der Waals surface area contributed by atoms with E-state index in [2.05, 4.69) is 18.2 Å². The minimum atomic E-state index is -0.381. The van der Waals surface area contributed by atoms with E-state index in [9.17, 15) is 9.59 Å². The summed E-state index contributed by atoms with van der Waals surface area (Å²) in [7, 11) is 3.12. The first-order chi connectivity index (χ1) is 13.6. The number of hydrogen-bond acceptors (Lipinski definition) is 5. The Morgan fingerprint density at radius 1 is 0.821 bits per heavy atom. The van der Waals surface area contributed by atoms with E-state index < -0.39 is 0 Å². The normalized spacial score (nSPS) is 13.0. The summed E-state index contributed by atoms with van der Waals surface area (Å²) in [6, 6.07) is 0. The topological polar surface area (TPSA) is 61.8 Å². The molecule has 0 aliphatic rings. The molecule has 0 aromatic carbocycles. The number of rotatable bonds is 19. The minimum absolute atomic E-state index is 0.0607. The van der Waals surface area contributed by atoms with Gasteiger partial charge in [0.15, 0.2) is 0 Å². The fourth-order valence-electron chi connectivity index (χ4n) is 3.35. The highest BCUT2D eigenvalue weighted by Gasteiger charge is 2.23. The summed E-state index contributed by atoms with van der Waals surface area (Å²) in [6.45, 7) is 5.72. The quantitative estimate of drug-likeness (QED) is 0.157. The molecule has 0 aromatic rings. The number of carbonyl (C=O) groups is 2. The molecule has 2 unspecified atom stereocenters. The summed E-state index contributed by atoms with van der Waals surface area (Å²) in [5.41, 5.74) is 0. The van der Waals surface area contributed by atoms with Gasteiger partial charge in [-0.15, -0.1) is 0 Å². The van der Waals surface area contributed by atoms with Crippen LogP contribution in [0.2, 0.25) is 0 Å². The maximum Gasteiger partial charge on any atom is 0.330 e. The lowest BCUT2D eigenvalue weighted by Gasteiger charge is -2.26. The Morgan fingerprint density at radius 3 is 1.89 bits per heavy atom. The summed E-state index contributed by atoms with van der Waals surface area (Å²) in [6.07, 6.45) is 15.5. The Balaban J connectivity index is 4.21. The fourth-order valence-corrected chi connectivity index (χ4v) is 3.35. The Bertz CT molecular complexity index is 408. The third-order valence-corrected chi connectivity index (χ3v) is 5.09. The molecule has 0 spiro atoms. The standard InChI is InChI=1S/C23H42O5/c1-5-7-8-9-11-14-17-20(26-3)21(28-22(24)6-2)18-15-12-10-13-16-19-23(25)27-4/h6,20-21H,2,5,7-19H2,1,3-4H3. The Labute approximate surface area is 172 Å². The Hall–Kier alpha value is -1.36. The molecule has 28 heavy (non-hydrogen) atoms. The van der Waals surface area contributed by atoms with Crippen molar-refractivity contribution < 1.29 is 23.8 Å². The Kier molecular flexibility index (Phi) is 18.1. The van der Waals surface area contributed by atoms with Crippen molar-refractivity contribution in [2.45, 2.75) is 109 Å². The van der Waals surface area contributed by atoms with Crippen molar-refractivity contribution in [3.63, 3.8) is 0 Å². The van der Waals surface area contributed by atoms with Crippen LogP contribution in [0.15, 0.2) is 12.7 Å². The second kappa shape index (κ2) is 19.0. The van der Waals surface area contributed by atoms with E-state index >= 15 is 0 Å². The molecule has 5 nitrogen and oxygen atoms in total. The first-order valence-electron chi connectivity index (χ1n) is 11.0. The first kappa shape index (κ1) is 26.6. The van der Waals surface area contributed by atoms with E-state index in [0.29, 0.717) is 6.42 Å². The molecule has 2 atom stereocenters. The van der Waals surface area contributed by atoms with Gasteiger partial charge < -0.3 is 14.2 Å². The molecule has 0 radical (unpaired) electrons. The number of esters is 2. The van der Waals surface area contributed by atoms with E-state index in [4.69, 9.17) is 9.47 Å². The second-order valence-corrected chi connectivity index (χ2v) is 7.39. The van der Waals surface area contributed by atoms with Crippen molar-refractivity contribution in [2.24, 2.45) is 0 Å². The number of methoxy groups -OCH3 is 2. The lowest BCUT2D eigenvalue weighted by atomic mass is 9.99. The lowest BCUT2D eigenvalue weighted by Crippen LogP contribution is -2.32. The zero-order valence-corrected chi connectivity index (χ0v) is 18.4. The highest BCUT2D eigenvalue weighted by atomic mass is 16.6. The number of carbonyl (C=O) groups excluding carboxylic acids is 2. The molecular weight excluding hydrogens is 356 g/mol. The molecular formula is C23H42O5. The molecule has 0 aromatic heterocycles. The van der Waals surface area contributed by atoms with E-state index in [1.807, 2.05) is 0 Å². The molecule has 0 N–H and O–H groups in total. The largest absolute Gasteiger partial charge is 0.469 e. The van der Waals surface area contributed by atoms with Gasteiger partial charge in [-0.2, -0.15) is 0 Å². The predicted molar refractivity (Wildman–Crippen MR) is 113 cm³/mol. The van der Waals surface area contributed by atoms with E-state index in [-0.39, 0.29) is 24.1 Å². The van der Waals surface area contributed by atoms with Gasteiger partial charge in [-0.1, -0.05) is 71.3 Å². The van der Waals surface area contributed by atoms with E-state index in [1.165, 1.54) is 45.3 Å². The lowest BCUT2D eigenvalue weighted by molar-refractivity contribution is -0.151. The molecule has 0 rings (SSSR count).